The fraction of sp³-hybridized carbons (Fsp3) is 0.941. The lowest BCUT2D eigenvalue weighted by Gasteiger charge is -2.23. The molecule has 4 unspecified atom stereocenters. The van der Waals surface area contributed by atoms with Crippen LogP contribution in [0.3, 0.4) is 0 Å². The van der Waals surface area contributed by atoms with Crippen molar-refractivity contribution in [3.8, 4) is 0 Å². The SMILES string of the molecule is CN=C(NCCOC1CCCC1)N1CC2C3CCC(O3)C2C1. The van der Waals surface area contributed by atoms with Crippen LogP contribution in [0.1, 0.15) is 38.5 Å². The minimum Gasteiger partial charge on any atom is -0.376 e. The number of rotatable bonds is 4. The van der Waals surface area contributed by atoms with E-state index in [1.807, 2.05) is 7.05 Å². The van der Waals surface area contributed by atoms with Crippen molar-refractivity contribution in [2.75, 3.05) is 33.3 Å². The Kier molecular flexibility index (Phi) is 4.27. The summed E-state index contributed by atoms with van der Waals surface area (Å²) in [7, 11) is 1.89. The second-order valence-electron chi connectivity index (χ2n) is 7.27. The van der Waals surface area contributed by atoms with Crippen molar-refractivity contribution in [2.45, 2.75) is 56.8 Å². The second-order valence-corrected chi connectivity index (χ2v) is 7.27. The highest BCUT2D eigenvalue weighted by atomic mass is 16.5. The molecule has 124 valence electrons. The quantitative estimate of drug-likeness (QED) is 0.487. The van der Waals surface area contributed by atoms with Gasteiger partial charge in [-0.2, -0.15) is 0 Å². The third-order valence-electron chi connectivity index (χ3n) is 6.00. The summed E-state index contributed by atoms with van der Waals surface area (Å²) in [5, 5.41) is 3.48. The van der Waals surface area contributed by atoms with Crippen molar-refractivity contribution in [3.05, 3.63) is 0 Å². The van der Waals surface area contributed by atoms with Gasteiger partial charge in [-0.05, 0) is 25.7 Å². The maximum Gasteiger partial charge on any atom is 0.193 e. The third kappa shape index (κ3) is 2.73. The third-order valence-corrected chi connectivity index (χ3v) is 6.00. The summed E-state index contributed by atoms with van der Waals surface area (Å²) >= 11 is 0. The van der Waals surface area contributed by atoms with E-state index in [4.69, 9.17) is 9.47 Å². The van der Waals surface area contributed by atoms with Gasteiger partial charge >= 0.3 is 0 Å². The van der Waals surface area contributed by atoms with E-state index in [2.05, 4.69) is 15.2 Å². The average molecular weight is 307 g/mol. The lowest BCUT2D eigenvalue weighted by Crippen LogP contribution is -2.42. The first kappa shape index (κ1) is 14.8. The highest BCUT2D eigenvalue weighted by molar-refractivity contribution is 5.80. The maximum absolute atomic E-state index is 6.05. The summed E-state index contributed by atoms with van der Waals surface area (Å²) in [5.41, 5.74) is 0. The molecular weight excluding hydrogens is 278 g/mol. The number of nitrogens with one attached hydrogen (secondary N) is 1. The Hall–Kier alpha value is -0.810. The first-order chi connectivity index (χ1) is 10.8. The summed E-state index contributed by atoms with van der Waals surface area (Å²) in [6.45, 7) is 3.86. The molecule has 0 spiro atoms. The van der Waals surface area contributed by atoms with Crippen molar-refractivity contribution in [1.29, 1.82) is 0 Å². The van der Waals surface area contributed by atoms with Gasteiger partial charge in [-0.15, -0.1) is 0 Å². The van der Waals surface area contributed by atoms with Gasteiger partial charge in [0.1, 0.15) is 0 Å². The van der Waals surface area contributed by atoms with Gasteiger partial charge in [-0.3, -0.25) is 4.99 Å². The number of likely N-dealkylation sites (tertiary alicyclic amines) is 1. The molecule has 0 aromatic rings. The molecule has 2 bridgehead atoms. The number of aliphatic imine (C=N–C) groups is 1. The lowest BCUT2D eigenvalue weighted by atomic mass is 9.82. The molecule has 3 heterocycles. The van der Waals surface area contributed by atoms with Gasteiger partial charge in [0.2, 0.25) is 0 Å². The number of guanidine groups is 1. The average Bonchev–Trinajstić information content (AvgIpc) is 3.28. The van der Waals surface area contributed by atoms with Crippen molar-refractivity contribution in [2.24, 2.45) is 16.8 Å². The molecule has 1 saturated carbocycles. The molecule has 0 aromatic heterocycles. The standard InChI is InChI=1S/C17H29N3O2/c1-18-17(19-8-9-21-12-4-2-3-5-12)20-10-13-14(11-20)16-7-6-15(13)22-16/h12-16H,2-11H2,1H3,(H,18,19). The number of fused-ring (bicyclic) bond motifs is 5. The monoisotopic (exact) mass is 307 g/mol. The molecule has 1 aliphatic carbocycles. The molecule has 0 amide bonds. The Bertz CT molecular complexity index is 404. The smallest absolute Gasteiger partial charge is 0.193 e. The van der Waals surface area contributed by atoms with E-state index in [0.717, 1.165) is 44.0 Å². The number of ether oxygens (including phenoxy) is 2. The zero-order valence-corrected chi connectivity index (χ0v) is 13.7. The van der Waals surface area contributed by atoms with Crippen molar-refractivity contribution >= 4 is 5.96 Å². The number of hydrogen-bond donors (Lipinski definition) is 1. The van der Waals surface area contributed by atoms with Crippen LogP contribution in [-0.2, 0) is 9.47 Å². The van der Waals surface area contributed by atoms with Crippen LogP contribution in [0.5, 0.6) is 0 Å². The van der Waals surface area contributed by atoms with Crippen molar-refractivity contribution < 1.29 is 9.47 Å². The van der Waals surface area contributed by atoms with Gasteiger partial charge < -0.3 is 19.7 Å². The van der Waals surface area contributed by atoms with E-state index in [1.54, 1.807) is 0 Å². The molecule has 4 aliphatic rings. The number of nitrogens with zero attached hydrogens (tertiary/aromatic N) is 2. The molecule has 0 radical (unpaired) electrons. The Balaban J connectivity index is 1.23. The van der Waals surface area contributed by atoms with Crippen molar-refractivity contribution in [3.63, 3.8) is 0 Å². The van der Waals surface area contributed by atoms with Crippen LogP contribution in [0.15, 0.2) is 4.99 Å². The van der Waals surface area contributed by atoms with E-state index < -0.39 is 0 Å². The summed E-state index contributed by atoms with van der Waals surface area (Å²) in [5.74, 6) is 2.50. The topological polar surface area (TPSA) is 46.1 Å². The van der Waals surface area contributed by atoms with Crippen LogP contribution < -0.4 is 5.32 Å². The second kappa shape index (κ2) is 6.36. The predicted octanol–water partition coefficient (Wildman–Crippen LogP) is 1.63. The van der Waals surface area contributed by atoms with Crippen LogP contribution in [-0.4, -0.2) is 62.5 Å². The van der Waals surface area contributed by atoms with Gasteiger partial charge in [-0.25, -0.2) is 0 Å². The lowest BCUT2D eigenvalue weighted by molar-refractivity contribution is 0.0615. The van der Waals surface area contributed by atoms with E-state index in [-0.39, 0.29) is 0 Å². The molecule has 4 fully saturated rings. The van der Waals surface area contributed by atoms with Gasteiger partial charge in [0.05, 0.1) is 24.9 Å². The van der Waals surface area contributed by atoms with Gasteiger partial charge in [0, 0.05) is 38.5 Å². The van der Waals surface area contributed by atoms with E-state index >= 15 is 0 Å². The summed E-state index contributed by atoms with van der Waals surface area (Å²) in [4.78, 5) is 6.90. The predicted molar refractivity (Wildman–Crippen MR) is 86.0 cm³/mol. The highest BCUT2D eigenvalue weighted by Gasteiger charge is 2.53. The first-order valence-electron chi connectivity index (χ1n) is 9.08. The van der Waals surface area contributed by atoms with Gasteiger partial charge in [0.25, 0.3) is 0 Å². The molecule has 4 rings (SSSR count). The van der Waals surface area contributed by atoms with Crippen LogP contribution >= 0.6 is 0 Å². The highest BCUT2D eigenvalue weighted by Crippen LogP contribution is 2.47. The Morgan fingerprint density at radius 1 is 1.14 bits per heavy atom. The minimum atomic E-state index is 0.503. The normalized spacial score (nSPS) is 38.0. The van der Waals surface area contributed by atoms with E-state index in [0.29, 0.717) is 18.3 Å². The molecular formula is C17H29N3O2. The molecule has 3 saturated heterocycles. The zero-order chi connectivity index (χ0) is 14.9. The van der Waals surface area contributed by atoms with Crippen molar-refractivity contribution in [1.82, 2.24) is 10.2 Å². The maximum atomic E-state index is 6.05. The van der Waals surface area contributed by atoms with Crippen LogP contribution in [0.2, 0.25) is 0 Å². The minimum absolute atomic E-state index is 0.503. The van der Waals surface area contributed by atoms with E-state index in [1.165, 1.54) is 38.5 Å². The number of hydrogen-bond acceptors (Lipinski definition) is 3. The molecule has 5 heteroatoms. The fourth-order valence-corrected chi connectivity index (χ4v) is 4.91. The van der Waals surface area contributed by atoms with Gasteiger partial charge in [-0.1, -0.05) is 12.8 Å². The van der Waals surface area contributed by atoms with Gasteiger partial charge in [0.15, 0.2) is 5.96 Å². The largest absolute Gasteiger partial charge is 0.376 e. The van der Waals surface area contributed by atoms with E-state index in [9.17, 15) is 0 Å². The Labute approximate surface area is 133 Å². The zero-order valence-electron chi connectivity index (χ0n) is 13.7. The Morgan fingerprint density at radius 3 is 2.45 bits per heavy atom. The summed E-state index contributed by atoms with van der Waals surface area (Å²) < 4.78 is 12.0. The molecule has 4 atom stereocenters. The molecule has 22 heavy (non-hydrogen) atoms. The van der Waals surface area contributed by atoms with Crippen LogP contribution in [0.25, 0.3) is 0 Å². The molecule has 1 N–H and O–H groups in total. The molecule has 5 nitrogen and oxygen atoms in total. The molecule has 3 aliphatic heterocycles. The fourth-order valence-electron chi connectivity index (χ4n) is 4.91. The molecule has 0 aromatic carbocycles. The van der Waals surface area contributed by atoms with Crippen LogP contribution in [0, 0.1) is 11.8 Å². The van der Waals surface area contributed by atoms with Crippen LogP contribution in [0.4, 0.5) is 0 Å². The summed E-state index contributed by atoms with van der Waals surface area (Å²) in [6.07, 6.45) is 9.22. The first-order valence-corrected chi connectivity index (χ1v) is 9.08. The Morgan fingerprint density at radius 2 is 1.82 bits per heavy atom. The summed E-state index contributed by atoms with van der Waals surface area (Å²) in [6, 6.07) is 0.